The van der Waals surface area contributed by atoms with E-state index in [-0.39, 0.29) is 17.2 Å². The van der Waals surface area contributed by atoms with Gasteiger partial charge in [0.2, 0.25) is 5.78 Å². The quantitative estimate of drug-likeness (QED) is 0.230. The maximum atomic E-state index is 13.1. The molecule has 35 heavy (non-hydrogen) atoms. The van der Waals surface area contributed by atoms with Gasteiger partial charge in [-0.05, 0) is 48.7 Å². The van der Waals surface area contributed by atoms with E-state index in [0.717, 1.165) is 29.7 Å². The predicted molar refractivity (Wildman–Crippen MR) is 133 cm³/mol. The van der Waals surface area contributed by atoms with E-state index >= 15 is 0 Å². The molecule has 0 saturated carbocycles. The number of hydrogen-bond donors (Lipinski definition) is 0. The Morgan fingerprint density at radius 3 is 2.74 bits per heavy atom. The Hall–Kier alpha value is -3.39. The van der Waals surface area contributed by atoms with E-state index in [4.69, 9.17) is 32.7 Å². The number of ether oxygens (including phenoxy) is 2. The van der Waals surface area contributed by atoms with E-state index in [9.17, 15) is 14.9 Å². The molecule has 0 bridgehead atoms. The van der Waals surface area contributed by atoms with Gasteiger partial charge in [-0.2, -0.15) is 0 Å². The molecule has 0 unspecified atom stereocenters. The minimum Gasteiger partial charge on any atom is -0.477 e. The number of nitro benzene ring substituents is 1. The van der Waals surface area contributed by atoms with Crippen LogP contribution < -0.4 is 9.47 Å². The van der Waals surface area contributed by atoms with E-state index in [1.807, 2.05) is 25.1 Å². The highest BCUT2D eigenvalue weighted by Crippen LogP contribution is 2.43. The summed E-state index contributed by atoms with van der Waals surface area (Å²) in [6, 6.07) is 13.3. The van der Waals surface area contributed by atoms with Crippen LogP contribution in [0.4, 0.5) is 5.69 Å². The van der Waals surface area contributed by atoms with Crippen molar-refractivity contribution in [2.45, 2.75) is 19.9 Å². The van der Waals surface area contributed by atoms with E-state index in [1.54, 1.807) is 18.2 Å². The number of Topliss-reactive ketones (excluding diaryl/α,β-unsaturated/α-hetero) is 1. The van der Waals surface area contributed by atoms with Crippen molar-refractivity contribution in [2.75, 3.05) is 13.3 Å². The number of allylic oxidation sites excluding steroid dienone is 1. The summed E-state index contributed by atoms with van der Waals surface area (Å²) in [6.07, 6.45) is 2.26. The third kappa shape index (κ3) is 4.62. The maximum Gasteiger partial charge on any atom is 0.270 e. The first-order valence-corrected chi connectivity index (χ1v) is 11.7. The van der Waals surface area contributed by atoms with E-state index in [1.165, 1.54) is 18.2 Å². The van der Waals surface area contributed by atoms with Crippen LogP contribution in [0.1, 0.15) is 32.6 Å². The largest absolute Gasteiger partial charge is 0.477 e. The van der Waals surface area contributed by atoms with Crippen LogP contribution in [0.15, 0.2) is 54.3 Å². The normalized spacial score (nSPS) is 16.0. The SMILES string of the molecule is Cc1c2c(cc3c1O/C(=C\c1cccc([N+](=O)[O-])c1)C3=O)CN(CCc1ccc(Cl)cc1Cl)CO2. The first-order valence-electron chi connectivity index (χ1n) is 10.9. The predicted octanol–water partition coefficient (Wildman–Crippen LogP) is 6.22. The minimum atomic E-state index is -0.476. The number of carbonyl (C=O) groups excluding carboxylic acids is 1. The van der Waals surface area contributed by atoms with Crippen molar-refractivity contribution in [1.29, 1.82) is 0 Å². The fourth-order valence-corrected chi connectivity index (χ4v) is 4.83. The number of rotatable bonds is 5. The Morgan fingerprint density at radius 1 is 1.14 bits per heavy atom. The molecule has 3 aromatic rings. The molecule has 0 aliphatic carbocycles. The zero-order valence-electron chi connectivity index (χ0n) is 18.7. The Labute approximate surface area is 211 Å². The Bertz CT molecular complexity index is 1400. The van der Waals surface area contributed by atoms with Crippen molar-refractivity contribution < 1.29 is 19.2 Å². The number of fused-ring (bicyclic) bond motifs is 2. The van der Waals surface area contributed by atoms with Gasteiger partial charge in [-0.3, -0.25) is 19.8 Å². The van der Waals surface area contributed by atoms with Crippen LogP contribution in [0.2, 0.25) is 10.0 Å². The molecular weight excluding hydrogens is 491 g/mol. The van der Waals surface area contributed by atoms with E-state index in [2.05, 4.69) is 4.90 Å². The van der Waals surface area contributed by atoms with Crippen molar-refractivity contribution >= 4 is 40.7 Å². The van der Waals surface area contributed by atoms with Crippen molar-refractivity contribution in [1.82, 2.24) is 4.90 Å². The molecule has 2 aliphatic rings. The van der Waals surface area contributed by atoms with Crippen LogP contribution in [0.5, 0.6) is 11.5 Å². The molecule has 2 aliphatic heterocycles. The smallest absolute Gasteiger partial charge is 0.270 e. The van der Waals surface area contributed by atoms with Crippen LogP contribution >= 0.6 is 23.2 Å². The number of hydrogen-bond acceptors (Lipinski definition) is 6. The van der Waals surface area contributed by atoms with Crippen molar-refractivity contribution in [3.05, 3.63) is 102 Å². The number of nitrogens with zero attached hydrogens (tertiary/aromatic N) is 2. The number of carbonyl (C=O) groups is 1. The number of nitro groups is 1. The van der Waals surface area contributed by atoms with Crippen LogP contribution in [0.3, 0.4) is 0 Å². The van der Waals surface area contributed by atoms with Gasteiger partial charge < -0.3 is 9.47 Å². The van der Waals surface area contributed by atoms with Crippen molar-refractivity contribution in [3.8, 4) is 11.5 Å². The fourth-order valence-electron chi connectivity index (χ4n) is 4.32. The highest BCUT2D eigenvalue weighted by molar-refractivity contribution is 6.35. The molecule has 9 heteroatoms. The second-order valence-corrected chi connectivity index (χ2v) is 9.31. The number of benzene rings is 3. The zero-order chi connectivity index (χ0) is 24.7. The summed E-state index contributed by atoms with van der Waals surface area (Å²) in [5.74, 6) is 1.04. The Morgan fingerprint density at radius 2 is 1.97 bits per heavy atom. The van der Waals surface area contributed by atoms with Crippen LogP contribution in [0, 0.1) is 17.0 Å². The molecule has 0 N–H and O–H groups in total. The molecule has 0 amide bonds. The zero-order valence-corrected chi connectivity index (χ0v) is 20.2. The average Bonchev–Trinajstić information content (AvgIpc) is 3.14. The lowest BCUT2D eigenvalue weighted by Gasteiger charge is -2.30. The average molecular weight is 511 g/mol. The minimum absolute atomic E-state index is 0.0534. The molecule has 0 radical (unpaired) electrons. The van der Waals surface area contributed by atoms with E-state index in [0.29, 0.717) is 45.9 Å². The molecule has 2 heterocycles. The first kappa shape index (κ1) is 23.4. The first-order chi connectivity index (χ1) is 16.8. The standard InChI is InChI=1S/C26H20Cl2N2O5/c1-15-25-18(13-29(14-34-25)8-7-17-5-6-19(27)12-22(17)28)11-21-24(31)23(35-26(15)21)10-16-3-2-4-20(9-16)30(32)33/h2-6,9-12H,7-8,13-14H2,1H3/b23-10-. The highest BCUT2D eigenvalue weighted by Gasteiger charge is 2.33. The molecule has 0 aromatic heterocycles. The summed E-state index contributed by atoms with van der Waals surface area (Å²) < 4.78 is 11.9. The van der Waals surface area contributed by atoms with Crippen molar-refractivity contribution in [3.63, 3.8) is 0 Å². The second-order valence-electron chi connectivity index (χ2n) is 8.47. The summed E-state index contributed by atoms with van der Waals surface area (Å²) in [7, 11) is 0. The maximum absolute atomic E-state index is 13.1. The van der Waals surface area contributed by atoms with Gasteiger partial charge in [0.05, 0.1) is 10.5 Å². The van der Waals surface area contributed by atoms with Gasteiger partial charge in [0.1, 0.15) is 18.2 Å². The van der Waals surface area contributed by atoms with Crippen LogP contribution in [-0.4, -0.2) is 28.9 Å². The molecule has 5 rings (SSSR count). The monoisotopic (exact) mass is 510 g/mol. The summed E-state index contributed by atoms with van der Waals surface area (Å²) in [4.78, 5) is 25.8. The number of ketones is 1. The van der Waals surface area contributed by atoms with E-state index < -0.39 is 4.92 Å². The van der Waals surface area contributed by atoms with Gasteiger partial charge in [-0.25, -0.2) is 0 Å². The van der Waals surface area contributed by atoms with Gasteiger partial charge >= 0.3 is 0 Å². The number of halogens is 2. The second kappa shape index (κ2) is 9.34. The van der Waals surface area contributed by atoms with Gasteiger partial charge in [-0.15, -0.1) is 0 Å². The van der Waals surface area contributed by atoms with Gasteiger partial charge in [0.15, 0.2) is 5.76 Å². The lowest BCUT2D eigenvalue weighted by molar-refractivity contribution is -0.384. The molecule has 0 saturated heterocycles. The van der Waals surface area contributed by atoms with Crippen LogP contribution in [-0.2, 0) is 13.0 Å². The topological polar surface area (TPSA) is 81.9 Å². The van der Waals surface area contributed by atoms with Crippen molar-refractivity contribution in [2.24, 2.45) is 0 Å². The summed E-state index contributed by atoms with van der Waals surface area (Å²) in [5, 5.41) is 12.3. The molecule has 0 atom stereocenters. The third-order valence-electron chi connectivity index (χ3n) is 6.09. The molecule has 0 fully saturated rings. The summed E-state index contributed by atoms with van der Waals surface area (Å²) in [6.45, 7) is 3.61. The summed E-state index contributed by atoms with van der Waals surface area (Å²) in [5.41, 5.74) is 3.59. The molecule has 3 aromatic carbocycles. The Kier molecular flexibility index (Phi) is 6.23. The number of non-ortho nitro benzene ring substituents is 1. The molecule has 178 valence electrons. The van der Waals surface area contributed by atoms with Gasteiger partial charge in [0, 0.05) is 46.4 Å². The highest BCUT2D eigenvalue weighted by atomic mass is 35.5. The van der Waals surface area contributed by atoms with Gasteiger partial charge in [0.25, 0.3) is 5.69 Å². The molecule has 7 nitrogen and oxygen atoms in total. The van der Waals surface area contributed by atoms with Gasteiger partial charge in [-0.1, -0.05) is 41.4 Å². The lowest BCUT2D eigenvalue weighted by atomic mass is 9.99. The molecular formula is C26H20Cl2N2O5. The Balaban J connectivity index is 1.36. The third-order valence-corrected chi connectivity index (χ3v) is 6.68. The lowest BCUT2D eigenvalue weighted by Crippen LogP contribution is -2.34. The summed E-state index contributed by atoms with van der Waals surface area (Å²) >= 11 is 12.3. The molecule has 0 spiro atoms. The fraction of sp³-hybridized carbons (Fsp3) is 0.192. The van der Waals surface area contributed by atoms with Crippen LogP contribution in [0.25, 0.3) is 6.08 Å².